The molecule has 9 heavy (non-hydrogen) atoms. The van der Waals surface area contributed by atoms with Gasteiger partial charge in [-0.3, -0.25) is 10.1 Å². The SMILES string of the molecule is N/C=C(\SCN)[N+](=O)[O-]. The molecule has 0 amide bonds. The Balaban J connectivity index is 3.85. The monoisotopic (exact) mass is 149 g/mol. The molecule has 0 aliphatic carbocycles. The summed E-state index contributed by atoms with van der Waals surface area (Å²) >= 11 is 0.899. The summed E-state index contributed by atoms with van der Waals surface area (Å²) in [5.74, 6) is 0.171. The lowest BCUT2D eigenvalue weighted by atomic mass is 10.9. The van der Waals surface area contributed by atoms with Gasteiger partial charge in [0.1, 0.15) is 0 Å². The summed E-state index contributed by atoms with van der Waals surface area (Å²) in [7, 11) is 0. The number of hydrogen-bond donors (Lipinski definition) is 2. The molecule has 0 radical (unpaired) electrons. The van der Waals surface area contributed by atoms with Crippen molar-refractivity contribution in [3.8, 4) is 0 Å². The number of nitrogens with zero attached hydrogens (tertiary/aromatic N) is 1. The Bertz CT molecular complexity index is 135. The van der Waals surface area contributed by atoms with Crippen LogP contribution in [0, 0.1) is 10.1 Å². The molecule has 52 valence electrons. The smallest absolute Gasteiger partial charge is 0.319 e. The third-order valence-electron chi connectivity index (χ3n) is 0.554. The van der Waals surface area contributed by atoms with E-state index in [4.69, 9.17) is 11.5 Å². The second kappa shape index (κ2) is 4.16. The van der Waals surface area contributed by atoms with Crippen molar-refractivity contribution in [2.24, 2.45) is 11.5 Å². The van der Waals surface area contributed by atoms with Gasteiger partial charge in [-0.2, -0.15) is 0 Å². The first-order valence-electron chi connectivity index (χ1n) is 2.11. The molecule has 0 aliphatic heterocycles. The van der Waals surface area contributed by atoms with Crippen LogP contribution >= 0.6 is 11.8 Å². The topological polar surface area (TPSA) is 95.2 Å². The van der Waals surface area contributed by atoms with Crippen LogP contribution in [0.3, 0.4) is 0 Å². The zero-order chi connectivity index (χ0) is 7.28. The van der Waals surface area contributed by atoms with E-state index < -0.39 is 4.92 Å². The highest BCUT2D eigenvalue weighted by molar-refractivity contribution is 8.02. The maximum atomic E-state index is 9.90. The summed E-state index contributed by atoms with van der Waals surface area (Å²) in [6, 6.07) is 0. The van der Waals surface area contributed by atoms with E-state index in [0.717, 1.165) is 18.0 Å². The molecule has 0 aliphatic rings. The van der Waals surface area contributed by atoms with Crippen molar-refractivity contribution in [1.29, 1.82) is 0 Å². The summed E-state index contributed by atoms with van der Waals surface area (Å²) in [5, 5.41) is 9.79. The van der Waals surface area contributed by atoms with Crippen LogP contribution in [0.5, 0.6) is 0 Å². The number of nitrogens with two attached hydrogens (primary N) is 2. The second-order valence-electron chi connectivity index (χ2n) is 1.07. The van der Waals surface area contributed by atoms with Crippen LogP contribution < -0.4 is 11.5 Å². The molecule has 0 rings (SSSR count). The third kappa shape index (κ3) is 2.94. The van der Waals surface area contributed by atoms with Crippen molar-refractivity contribution >= 4 is 11.8 Å². The molecule has 6 heteroatoms. The van der Waals surface area contributed by atoms with E-state index in [2.05, 4.69) is 0 Å². The Morgan fingerprint density at radius 2 is 2.44 bits per heavy atom. The van der Waals surface area contributed by atoms with Crippen molar-refractivity contribution in [3.05, 3.63) is 21.3 Å². The average molecular weight is 149 g/mol. The summed E-state index contributed by atoms with van der Waals surface area (Å²) in [4.78, 5) is 9.33. The van der Waals surface area contributed by atoms with E-state index in [-0.39, 0.29) is 10.9 Å². The fourth-order valence-electron chi connectivity index (χ4n) is 0.247. The Morgan fingerprint density at radius 3 is 2.56 bits per heavy atom. The molecule has 0 saturated heterocycles. The maximum absolute atomic E-state index is 9.90. The first-order chi connectivity index (χ1) is 4.22. The van der Waals surface area contributed by atoms with Gasteiger partial charge >= 0.3 is 5.03 Å². The van der Waals surface area contributed by atoms with Gasteiger partial charge in [0.05, 0.1) is 17.0 Å². The average Bonchev–Trinajstić information content (AvgIpc) is 1.82. The van der Waals surface area contributed by atoms with E-state index >= 15 is 0 Å². The highest BCUT2D eigenvalue weighted by atomic mass is 32.2. The fraction of sp³-hybridized carbons (Fsp3) is 0.333. The quantitative estimate of drug-likeness (QED) is 0.325. The molecule has 0 saturated carbocycles. The van der Waals surface area contributed by atoms with Crippen LogP contribution in [0.4, 0.5) is 0 Å². The zero-order valence-corrected chi connectivity index (χ0v) is 5.43. The molecule has 0 aromatic heterocycles. The van der Waals surface area contributed by atoms with Crippen molar-refractivity contribution in [1.82, 2.24) is 0 Å². The first-order valence-corrected chi connectivity index (χ1v) is 3.10. The van der Waals surface area contributed by atoms with Gasteiger partial charge in [-0.05, 0) is 11.8 Å². The minimum absolute atomic E-state index is 0.113. The summed E-state index contributed by atoms with van der Waals surface area (Å²) < 4.78 is 0. The van der Waals surface area contributed by atoms with Gasteiger partial charge in [0.2, 0.25) is 0 Å². The van der Waals surface area contributed by atoms with Gasteiger partial charge in [0.15, 0.2) is 0 Å². The van der Waals surface area contributed by atoms with Crippen LogP contribution in [-0.4, -0.2) is 10.8 Å². The maximum Gasteiger partial charge on any atom is 0.319 e. The molecule has 0 aromatic rings. The van der Waals surface area contributed by atoms with Crippen molar-refractivity contribution < 1.29 is 4.92 Å². The van der Waals surface area contributed by atoms with E-state index in [1.54, 1.807) is 0 Å². The van der Waals surface area contributed by atoms with Gasteiger partial charge in [0.25, 0.3) is 0 Å². The van der Waals surface area contributed by atoms with E-state index in [1.165, 1.54) is 0 Å². The van der Waals surface area contributed by atoms with Gasteiger partial charge in [-0.25, -0.2) is 0 Å². The van der Waals surface area contributed by atoms with Crippen molar-refractivity contribution in [2.45, 2.75) is 0 Å². The predicted molar refractivity (Wildman–Crippen MR) is 35.9 cm³/mol. The number of rotatable bonds is 3. The van der Waals surface area contributed by atoms with E-state index in [1.807, 2.05) is 0 Å². The largest absolute Gasteiger partial charge is 0.399 e. The molecule has 0 heterocycles. The lowest BCUT2D eigenvalue weighted by Crippen LogP contribution is -2.02. The molecule has 4 N–H and O–H groups in total. The lowest BCUT2D eigenvalue weighted by Gasteiger charge is -1.90. The van der Waals surface area contributed by atoms with Gasteiger partial charge in [-0.1, -0.05) is 0 Å². The molecular formula is C3H7N3O2S. The molecule has 0 atom stereocenters. The Labute approximate surface area is 56.2 Å². The van der Waals surface area contributed by atoms with Crippen LogP contribution in [0.2, 0.25) is 0 Å². The summed E-state index contributed by atoms with van der Waals surface area (Å²) in [5.41, 5.74) is 9.88. The predicted octanol–water partition coefficient (Wildman–Crippen LogP) is -0.330. The normalized spacial score (nSPS) is 11.4. The number of hydrogen-bond acceptors (Lipinski definition) is 5. The molecule has 0 spiro atoms. The van der Waals surface area contributed by atoms with E-state index in [9.17, 15) is 10.1 Å². The van der Waals surface area contributed by atoms with Crippen LogP contribution in [0.25, 0.3) is 0 Å². The Hall–Kier alpha value is -0.750. The third-order valence-corrected chi connectivity index (χ3v) is 1.30. The minimum atomic E-state index is -0.572. The summed E-state index contributed by atoms with van der Waals surface area (Å²) in [6.07, 6.45) is 0.928. The lowest BCUT2D eigenvalue weighted by molar-refractivity contribution is -0.410. The number of nitro groups is 1. The molecule has 5 nitrogen and oxygen atoms in total. The second-order valence-corrected chi connectivity index (χ2v) is 2.11. The molecule has 0 aromatic carbocycles. The first kappa shape index (κ1) is 8.25. The highest BCUT2D eigenvalue weighted by Crippen LogP contribution is 2.10. The molecule has 0 unspecified atom stereocenters. The van der Waals surface area contributed by atoms with Gasteiger partial charge < -0.3 is 11.5 Å². The van der Waals surface area contributed by atoms with Gasteiger partial charge in [0, 0.05) is 0 Å². The minimum Gasteiger partial charge on any atom is -0.399 e. The van der Waals surface area contributed by atoms with E-state index in [0.29, 0.717) is 0 Å². The summed E-state index contributed by atoms with van der Waals surface area (Å²) in [6.45, 7) is 0. The van der Waals surface area contributed by atoms with Crippen LogP contribution in [0.1, 0.15) is 0 Å². The van der Waals surface area contributed by atoms with Crippen LogP contribution in [0.15, 0.2) is 11.2 Å². The van der Waals surface area contributed by atoms with Crippen molar-refractivity contribution in [3.63, 3.8) is 0 Å². The number of thioether (sulfide) groups is 1. The standard InChI is InChI=1S/C3H7N3O2S/c4-1-3(6(7)8)9-2-5/h1H,2,4-5H2/b3-1-. The molecule has 0 fully saturated rings. The van der Waals surface area contributed by atoms with Crippen molar-refractivity contribution in [2.75, 3.05) is 5.88 Å². The van der Waals surface area contributed by atoms with Gasteiger partial charge in [-0.15, -0.1) is 0 Å². The highest BCUT2D eigenvalue weighted by Gasteiger charge is 2.07. The zero-order valence-electron chi connectivity index (χ0n) is 4.61. The Kier molecular flexibility index (Phi) is 3.81. The molecular weight excluding hydrogens is 142 g/mol. The Morgan fingerprint density at radius 1 is 1.89 bits per heavy atom. The molecule has 0 bridgehead atoms. The van der Waals surface area contributed by atoms with Crippen LogP contribution in [-0.2, 0) is 0 Å². The fourth-order valence-corrected chi connectivity index (χ4v) is 0.619.